The van der Waals surface area contributed by atoms with Crippen LogP contribution in [0.3, 0.4) is 0 Å². The second kappa shape index (κ2) is 3.51. The summed E-state index contributed by atoms with van der Waals surface area (Å²) in [7, 11) is 0. The Balaban J connectivity index is 2.79. The van der Waals surface area contributed by atoms with E-state index in [1.165, 1.54) is 4.57 Å². The van der Waals surface area contributed by atoms with Crippen LogP contribution in [0.4, 0.5) is 0 Å². The quantitative estimate of drug-likeness (QED) is 0.722. The molecule has 5 heteroatoms. The maximum Gasteiger partial charge on any atom is 0.347 e. The minimum atomic E-state index is -0.242. The monoisotopic (exact) mass is 221 g/mol. The number of benzene rings is 1. The number of H-pyrrole nitrogens is 2. The smallest absolute Gasteiger partial charge is 0.272 e. The number of aryl methyl sites for hydroxylation is 2. The molecular formula is C10H11N3OS. The molecule has 1 aromatic heterocycles. The lowest BCUT2D eigenvalue weighted by molar-refractivity contribution is 0.962. The van der Waals surface area contributed by atoms with E-state index in [1.54, 1.807) is 0 Å². The van der Waals surface area contributed by atoms with Gasteiger partial charge in [0.25, 0.3) is 0 Å². The Morgan fingerprint density at radius 1 is 1.27 bits per heavy atom. The number of hydrogen-bond acceptors (Lipinski definition) is 2. The largest absolute Gasteiger partial charge is 0.347 e. The predicted molar refractivity (Wildman–Crippen MR) is 61.0 cm³/mol. The van der Waals surface area contributed by atoms with Gasteiger partial charge in [0.1, 0.15) is 0 Å². The molecule has 0 aliphatic rings. The Bertz CT molecular complexity index is 578. The summed E-state index contributed by atoms with van der Waals surface area (Å²) in [5.41, 5.74) is 2.69. The molecule has 0 atom stereocenters. The Kier molecular flexibility index (Phi) is 2.32. The maximum absolute atomic E-state index is 11.5. The van der Waals surface area contributed by atoms with Crippen LogP contribution in [0.15, 0.2) is 23.0 Å². The van der Waals surface area contributed by atoms with Gasteiger partial charge in [-0.3, -0.25) is 5.10 Å². The van der Waals surface area contributed by atoms with Crippen LogP contribution >= 0.6 is 12.2 Å². The number of nitrogens with one attached hydrogen (secondary N) is 2. The summed E-state index contributed by atoms with van der Waals surface area (Å²) in [4.78, 5) is 11.5. The van der Waals surface area contributed by atoms with E-state index in [4.69, 9.17) is 12.2 Å². The molecule has 1 heterocycles. The van der Waals surface area contributed by atoms with Gasteiger partial charge in [0.05, 0.1) is 5.69 Å². The molecule has 2 rings (SSSR count). The minimum Gasteiger partial charge on any atom is -0.272 e. The zero-order valence-corrected chi connectivity index (χ0v) is 9.31. The van der Waals surface area contributed by atoms with Gasteiger partial charge in [0, 0.05) is 0 Å². The lowest BCUT2D eigenvalue weighted by Crippen LogP contribution is -2.15. The first-order valence-electron chi connectivity index (χ1n) is 4.57. The van der Waals surface area contributed by atoms with Gasteiger partial charge in [0.15, 0.2) is 0 Å². The van der Waals surface area contributed by atoms with Crippen LogP contribution in [0.25, 0.3) is 5.69 Å². The first-order chi connectivity index (χ1) is 7.09. The van der Waals surface area contributed by atoms with Crippen molar-refractivity contribution in [2.24, 2.45) is 0 Å². The molecule has 0 unspecified atom stereocenters. The Labute approximate surface area is 91.6 Å². The van der Waals surface area contributed by atoms with Gasteiger partial charge in [0.2, 0.25) is 4.77 Å². The summed E-state index contributed by atoms with van der Waals surface area (Å²) in [6.45, 7) is 3.93. The summed E-state index contributed by atoms with van der Waals surface area (Å²) in [6.07, 6.45) is 0. The fraction of sp³-hybridized carbons (Fsp3) is 0.200. The molecule has 0 saturated heterocycles. The fourth-order valence-electron chi connectivity index (χ4n) is 1.49. The van der Waals surface area contributed by atoms with E-state index in [9.17, 15) is 4.79 Å². The molecule has 0 saturated carbocycles. The van der Waals surface area contributed by atoms with Crippen molar-refractivity contribution in [2.45, 2.75) is 13.8 Å². The van der Waals surface area contributed by atoms with E-state index in [0.29, 0.717) is 4.77 Å². The van der Waals surface area contributed by atoms with E-state index in [0.717, 1.165) is 16.8 Å². The highest BCUT2D eigenvalue weighted by molar-refractivity contribution is 7.71. The highest BCUT2D eigenvalue weighted by Gasteiger charge is 2.06. The van der Waals surface area contributed by atoms with Crippen molar-refractivity contribution in [3.8, 4) is 5.69 Å². The molecule has 0 amide bonds. The van der Waals surface area contributed by atoms with Gasteiger partial charge in [-0.2, -0.15) is 0 Å². The fourth-order valence-corrected chi connectivity index (χ4v) is 1.72. The van der Waals surface area contributed by atoms with Gasteiger partial charge < -0.3 is 0 Å². The molecule has 1 aromatic carbocycles. The standard InChI is InChI=1S/C10H11N3OS/c1-6-3-4-7(2)8(5-6)13-9(14)11-12-10(13)15/h3-5H,1-2H3,(H,11,14)(H,12,15). The van der Waals surface area contributed by atoms with E-state index in [2.05, 4.69) is 10.2 Å². The maximum atomic E-state index is 11.5. The second-order valence-electron chi connectivity index (χ2n) is 3.49. The summed E-state index contributed by atoms with van der Waals surface area (Å²) >= 11 is 5.03. The van der Waals surface area contributed by atoms with Gasteiger partial charge >= 0.3 is 5.69 Å². The van der Waals surface area contributed by atoms with Crippen molar-refractivity contribution >= 4 is 12.2 Å². The zero-order valence-electron chi connectivity index (χ0n) is 8.50. The zero-order chi connectivity index (χ0) is 11.0. The highest BCUT2D eigenvalue weighted by atomic mass is 32.1. The van der Waals surface area contributed by atoms with Gasteiger partial charge in [-0.15, -0.1) is 0 Å². The van der Waals surface area contributed by atoms with E-state index >= 15 is 0 Å². The third-order valence-corrected chi connectivity index (χ3v) is 2.57. The van der Waals surface area contributed by atoms with Crippen LogP contribution < -0.4 is 5.69 Å². The second-order valence-corrected chi connectivity index (χ2v) is 3.87. The highest BCUT2D eigenvalue weighted by Crippen LogP contribution is 2.13. The lowest BCUT2D eigenvalue weighted by Gasteiger charge is -2.05. The molecular weight excluding hydrogens is 210 g/mol. The molecule has 2 aromatic rings. The molecule has 4 nitrogen and oxygen atoms in total. The third-order valence-electron chi connectivity index (χ3n) is 2.29. The molecule has 78 valence electrons. The molecule has 0 aliphatic carbocycles. The Morgan fingerprint density at radius 3 is 2.60 bits per heavy atom. The minimum absolute atomic E-state index is 0.242. The molecule has 0 fully saturated rings. The first-order valence-corrected chi connectivity index (χ1v) is 4.98. The number of hydrogen-bond donors (Lipinski definition) is 2. The van der Waals surface area contributed by atoms with Gasteiger partial charge in [-0.1, -0.05) is 12.1 Å². The molecule has 0 aliphatic heterocycles. The summed E-state index contributed by atoms with van der Waals surface area (Å²) in [5.74, 6) is 0. The van der Waals surface area contributed by atoms with Crippen LogP contribution in [-0.2, 0) is 0 Å². The number of nitrogens with zero attached hydrogens (tertiary/aromatic N) is 1. The third kappa shape index (κ3) is 1.66. The van der Waals surface area contributed by atoms with Crippen LogP contribution in [0.5, 0.6) is 0 Å². The Hall–Kier alpha value is -1.62. The first kappa shape index (κ1) is 9.92. The predicted octanol–water partition coefficient (Wildman–Crippen LogP) is 1.84. The normalized spacial score (nSPS) is 10.5. The van der Waals surface area contributed by atoms with Crippen molar-refractivity contribution in [1.82, 2.24) is 14.8 Å². The van der Waals surface area contributed by atoms with Crippen LogP contribution in [0.2, 0.25) is 0 Å². The van der Waals surface area contributed by atoms with E-state index < -0.39 is 0 Å². The van der Waals surface area contributed by atoms with Gasteiger partial charge in [-0.05, 0) is 43.3 Å². The number of rotatable bonds is 1. The Morgan fingerprint density at radius 2 is 2.00 bits per heavy atom. The summed E-state index contributed by atoms with van der Waals surface area (Å²) < 4.78 is 1.84. The SMILES string of the molecule is Cc1ccc(C)c(-n2c(=O)[nH][nH]c2=S)c1. The van der Waals surface area contributed by atoms with Crippen LogP contribution in [-0.4, -0.2) is 14.8 Å². The van der Waals surface area contributed by atoms with Crippen molar-refractivity contribution in [3.05, 3.63) is 44.6 Å². The topological polar surface area (TPSA) is 53.6 Å². The average Bonchev–Trinajstić information content (AvgIpc) is 2.51. The lowest BCUT2D eigenvalue weighted by atomic mass is 10.1. The molecule has 0 radical (unpaired) electrons. The van der Waals surface area contributed by atoms with Crippen LogP contribution in [0.1, 0.15) is 11.1 Å². The number of aromatic nitrogens is 3. The average molecular weight is 221 g/mol. The summed E-state index contributed by atoms with van der Waals surface area (Å²) in [5, 5.41) is 5.08. The van der Waals surface area contributed by atoms with Crippen LogP contribution in [0, 0.1) is 18.6 Å². The summed E-state index contributed by atoms with van der Waals surface area (Å²) in [6, 6.07) is 5.91. The molecule has 15 heavy (non-hydrogen) atoms. The van der Waals surface area contributed by atoms with Gasteiger partial charge in [-0.25, -0.2) is 14.5 Å². The van der Waals surface area contributed by atoms with E-state index in [1.807, 2.05) is 32.0 Å². The van der Waals surface area contributed by atoms with Crippen molar-refractivity contribution in [2.75, 3.05) is 0 Å². The van der Waals surface area contributed by atoms with Crippen molar-refractivity contribution < 1.29 is 0 Å². The van der Waals surface area contributed by atoms with E-state index in [-0.39, 0.29) is 5.69 Å². The van der Waals surface area contributed by atoms with Crippen molar-refractivity contribution in [1.29, 1.82) is 0 Å². The molecule has 0 bridgehead atoms. The van der Waals surface area contributed by atoms with Crippen molar-refractivity contribution in [3.63, 3.8) is 0 Å². The number of aromatic amines is 2. The molecule has 0 spiro atoms. The molecule has 2 N–H and O–H groups in total.